The number of aromatic nitrogens is 4. The van der Waals surface area contributed by atoms with Gasteiger partial charge < -0.3 is 5.32 Å². The van der Waals surface area contributed by atoms with Crippen LogP contribution in [0, 0.1) is 5.82 Å². The van der Waals surface area contributed by atoms with Gasteiger partial charge in [-0.25, -0.2) is 24.3 Å². The van der Waals surface area contributed by atoms with Crippen molar-refractivity contribution >= 4 is 11.6 Å². The van der Waals surface area contributed by atoms with Gasteiger partial charge in [0.25, 0.3) is 5.91 Å². The van der Waals surface area contributed by atoms with E-state index in [2.05, 4.69) is 25.3 Å². The maximum atomic E-state index is 13.3. The van der Waals surface area contributed by atoms with Crippen LogP contribution in [-0.2, 0) is 0 Å². The molecule has 0 radical (unpaired) electrons. The zero-order valence-corrected chi connectivity index (χ0v) is 11.3. The number of benzene rings is 1. The molecular weight excluding hydrogens is 285 g/mol. The van der Waals surface area contributed by atoms with Crippen LogP contribution < -0.4 is 5.32 Å². The monoisotopic (exact) mass is 295 g/mol. The number of carbonyl (C=O) groups excluding carboxylic acids is 1. The summed E-state index contributed by atoms with van der Waals surface area (Å²) in [7, 11) is 0. The van der Waals surface area contributed by atoms with Crippen LogP contribution >= 0.6 is 0 Å². The van der Waals surface area contributed by atoms with Crippen LogP contribution in [0.3, 0.4) is 0 Å². The first-order chi connectivity index (χ1) is 10.7. The van der Waals surface area contributed by atoms with Crippen molar-refractivity contribution < 1.29 is 9.18 Å². The van der Waals surface area contributed by atoms with Crippen molar-refractivity contribution in [3.05, 3.63) is 66.9 Å². The molecular formula is C15H10FN5O. The van der Waals surface area contributed by atoms with E-state index >= 15 is 0 Å². The summed E-state index contributed by atoms with van der Waals surface area (Å²) in [4.78, 5) is 27.7. The molecule has 1 amide bonds. The molecule has 0 unspecified atom stereocenters. The summed E-state index contributed by atoms with van der Waals surface area (Å²) in [6.07, 6.45) is 5.57. The molecule has 22 heavy (non-hydrogen) atoms. The number of anilines is 1. The van der Waals surface area contributed by atoms with Gasteiger partial charge in [-0.15, -0.1) is 0 Å². The van der Waals surface area contributed by atoms with Gasteiger partial charge in [0.05, 0.1) is 23.8 Å². The first-order valence-electron chi connectivity index (χ1n) is 6.37. The smallest absolute Gasteiger partial charge is 0.274 e. The third kappa shape index (κ3) is 3.09. The summed E-state index contributed by atoms with van der Waals surface area (Å²) in [6.45, 7) is 0. The van der Waals surface area contributed by atoms with E-state index in [9.17, 15) is 9.18 Å². The average molecular weight is 295 g/mol. The number of hydrogen-bond acceptors (Lipinski definition) is 5. The lowest BCUT2D eigenvalue weighted by Crippen LogP contribution is -2.14. The Morgan fingerprint density at radius 2 is 1.86 bits per heavy atom. The maximum absolute atomic E-state index is 13.3. The predicted octanol–water partition coefficient (Wildman–Crippen LogP) is 2.33. The van der Waals surface area contributed by atoms with Gasteiger partial charge >= 0.3 is 0 Å². The Hall–Kier alpha value is -3.22. The maximum Gasteiger partial charge on any atom is 0.274 e. The SMILES string of the molecule is O=C(Nc1cncnc1)c1cc(-c2cccc(F)c2)ncn1. The molecule has 7 heteroatoms. The fourth-order valence-electron chi connectivity index (χ4n) is 1.85. The second kappa shape index (κ2) is 6.04. The number of amides is 1. The normalized spacial score (nSPS) is 10.2. The Bertz CT molecular complexity index is 810. The van der Waals surface area contributed by atoms with E-state index in [4.69, 9.17) is 0 Å². The fourth-order valence-corrected chi connectivity index (χ4v) is 1.85. The minimum atomic E-state index is -0.421. The van der Waals surface area contributed by atoms with Crippen LogP contribution in [0.2, 0.25) is 0 Å². The lowest BCUT2D eigenvalue weighted by atomic mass is 10.1. The van der Waals surface area contributed by atoms with Crippen molar-refractivity contribution in [1.82, 2.24) is 19.9 Å². The highest BCUT2D eigenvalue weighted by molar-refractivity contribution is 6.03. The highest BCUT2D eigenvalue weighted by Gasteiger charge is 2.10. The highest BCUT2D eigenvalue weighted by Crippen LogP contribution is 2.18. The number of hydrogen-bond donors (Lipinski definition) is 1. The van der Waals surface area contributed by atoms with Crippen LogP contribution in [-0.4, -0.2) is 25.8 Å². The van der Waals surface area contributed by atoms with E-state index in [0.717, 1.165) is 0 Å². The molecule has 2 aromatic heterocycles. The largest absolute Gasteiger partial charge is 0.318 e. The number of nitrogens with zero attached hydrogens (tertiary/aromatic N) is 4. The first-order valence-corrected chi connectivity index (χ1v) is 6.37. The molecule has 1 N–H and O–H groups in total. The van der Waals surface area contributed by atoms with E-state index in [1.54, 1.807) is 12.1 Å². The molecule has 0 aliphatic heterocycles. The Morgan fingerprint density at radius 1 is 1.05 bits per heavy atom. The summed E-state index contributed by atoms with van der Waals surface area (Å²) in [5.74, 6) is -0.793. The van der Waals surface area contributed by atoms with Crippen molar-refractivity contribution in [2.24, 2.45) is 0 Å². The van der Waals surface area contributed by atoms with Crippen LogP contribution in [0.25, 0.3) is 11.3 Å². The molecule has 0 atom stereocenters. The van der Waals surface area contributed by atoms with E-state index < -0.39 is 5.91 Å². The molecule has 1 aromatic carbocycles. The molecule has 0 saturated carbocycles. The van der Waals surface area contributed by atoms with Crippen molar-refractivity contribution in [3.63, 3.8) is 0 Å². The van der Waals surface area contributed by atoms with Gasteiger partial charge in [-0.2, -0.15) is 0 Å². The summed E-state index contributed by atoms with van der Waals surface area (Å²) in [5, 5.41) is 2.62. The number of halogens is 1. The van der Waals surface area contributed by atoms with Crippen LogP contribution in [0.5, 0.6) is 0 Å². The lowest BCUT2D eigenvalue weighted by Gasteiger charge is -2.05. The van der Waals surface area contributed by atoms with Crippen LogP contribution in [0.4, 0.5) is 10.1 Å². The number of carbonyl (C=O) groups is 1. The molecule has 0 spiro atoms. The predicted molar refractivity (Wildman–Crippen MR) is 77.4 cm³/mol. The third-order valence-corrected chi connectivity index (χ3v) is 2.84. The van der Waals surface area contributed by atoms with Gasteiger partial charge in [0.15, 0.2) is 0 Å². The second-order valence-electron chi connectivity index (χ2n) is 4.38. The van der Waals surface area contributed by atoms with Crippen molar-refractivity contribution in [2.45, 2.75) is 0 Å². The Labute approximate surface area is 125 Å². The molecule has 108 valence electrons. The molecule has 0 aliphatic rings. The highest BCUT2D eigenvalue weighted by atomic mass is 19.1. The summed E-state index contributed by atoms with van der Waals surface area (Å²) in [6, 6.07) is 7.46. The van der Waals surface area contributed by atoms with E-state index in [1.165, 1.54) is 43.2 Å². The number of rotatable bonds is 3. The lowest BCUT2D eigenvalue weighted by molar-refractivity contribution is 0.102. The Morgan fingerprint density at radius 3 is 2.64 bits per heavy atom. The standard InChI is InChI=1S/C15H10FN5O/c16-11-3-1-2-10(4-11)13-5-14(20-9-19-13)15(22)21-12-6-17-8-18-7-12/h1-9H,(H,21,22). The zero-order chi connectivity index (χ0) is 15.4. The molecule has 2 heterocycles. The van der Waals surface area contributed by atoms with E-state index in [-0.39, 0.29) is 11.5 Å². The minimum Gasteiger partial charge on any atom is -0.318 e. The Balaban J connectivity index is 1.86. The minimum absolute atomic E-state index is 0.165. The third-order valence-electron chi connectivity index (χ3n) is 2.84. The quantitative estimate of drug-likeness (QED) is 0.802. The topological polar surface area (TPSA) is 80.7 Å². The van der Waals surface area contributed by atoms with Crippen molar-refractivity contribution in [3.8, 4) is 11.3 Å². The van der Waals surface area contributed by atoms with Crippen molar-refractivity contribution in [2.75, 3.05) is 5.32 Å². The van der Waals surface area contributed by atoms with Gasteiger partial charge in [0.2, 0.25) is 0 Å². The summed E-state index contributed by atoms with van der Waals surface area (Å²) >= 11 is 0. The molecule has 3 rings (SSSR count). The van der Waals surface area contributed by atoms with Crippen LogP contribution in [0.1, 0.15) is 10.5 Å². The summed E-state index contributed by atoms with van der Waals surface area (Å²) in [5.41, 5.74) is 1.65. The van der Waals surface area contributed by atoms with Gasteiger partial charge in [-0.05, 0) is 18.2 Å². The average Bonchev–Trinajstić information content (AvgIpc) is 2.56. The van der Waals surface area contributed by atoms with E-state index in [1.807, 2.05) is 0 Å². The number of nitrogens with one attached hydrogen (secondary N) is 1. The molecule has 3 aromatic rings. The fraction of sp³-hybridized carbons (Fsp3) is 0. The molecule has 6 nitrogen and oxygen atoms in total. The van der Waals surface area contributed by atoms with Gasteiger partial charge in [-0.1, -0.05) is 12.1 Å². The van der Waals surface area contributed by atoms with Crippen LogP contribution in [0.15, 0.2) is 55.4 Å². The van der Waals surface area contributed by atoms with Crippen molar-refractivity contribution in [1.29, 1.82) is 0 Å². The molecule has 0 aliphatic carbocycles. The first kappa shape index (κ1) is 13.7. The molecule has 0 saturated heterocycles. The zero-order valence-electron chi connectivity index (χ0n) is 11.3. The molecule has 0 bridgehead atoms. The molecule has 0 fully saturated rings. The van der Waals surface area contributed by atoms with Gasteiger partial charge in [0, 0.05) is 5.56 Å². The van der Waals surface area contributed by atoms with Gasteiger partial charge in [-0.3, -0.25) is 4.79 Å². The second-order valence-corrected chi connectivity index (χ2v) is 4.38. The summed E-state index contributed by atoms with van der Waals surface area (Å²) < 4.78 is 13.3. The van der Waals surface area contributed by atoms with Gasteiger partial charge in [0.1, 0.15) is 24.2 Å². The Kier molecular flexibility index (Phi) is 3.78. The van der Waals surface area contributed by atoms with E-state index in [0.29, 0.717) is 16.9 Å².